The number of thiazole rings is 1. The first kappa shape index (κ1) is 14.1. The van der Waals surface area contributed by atoms with Crippen LogP contribution in [-0.4, -0.2) is 17.0 Å². The van der Waals surface area contributed by atoms with Gasteiger partial charge in [-0.15, -0.1) is 0 Å². The highest BCUT2D eigenvalue weighted by Crippen LogP contribution is 2.26. The van der Waals surface area contributed by atoms with Gasteiger partial charge in [0.1, 0.15) is 6.54 Å². The Morgan fingerprint density at radius 2 is 2.10 bits per heavy atom. The molecule has 0 radical (unpaired) electrons. The Morgan fingerprint density at radius 3 is 2.86 bits per heavy atom. The maximum absolute atomic E-state index is 12.7. The summed E-state index contributed by atoms with van der Waals surface area (Å²) in [6, 6.07) is 8.07. The summed E-state index contributed by atoms with van der Waals surface area (Å²) in [5.41, 5.74) is 3.07. The molecule has 5 heteroatoms. The van der Waals surface area contributed by atoms with Gasteiger partial charge in [-0.3, -0.25) is 14.2 Å². The number of hydrogen-bond donors (Lipinski definition) is 0. The van der Waals surface area contributed by atoms with Crippen LogP contribution >= 0.6 is 11.3 Å². The van der Waals surface area contributed by atoms with Gasteiger partial charge in [-0.1, -0.05) is 29.5 Å². The van der Waals surface area contributed by atoms with Crippen molar-refractivity contribution < 1.29 is 4.79 Å². The minimum atomic E-state index is -0.0658. The molecule has 0 spiro atoms. The summed E-state index contributed by atoms with van der Waals surface area (Å²) in [5, 5.41) is 1.80. The van der Waals surface area contributed by atoms with Crippen LogP contribution < -0.4 is 9.77 Å². The number of nitrogens with zero attached hydrogens (tertiary/aromatic N) is 2. The van der Waals surface area contributed by atoms with E-state index in [-0.39, 0.29) is 17.3 Å². The van der Waals surface area contributed by atoms with Crippen LogP contribution in [0.15, 0.2) is 34.4 Å². The normalized spacial score (nSPS) is 14.6. The number of amides is 1. The molecule has 1 aromatic carbocycles. The minimum Gasteiger partial charge on any atom is -0.311 e. The van der Waals surface area contributed by atoms with Gasteiger partial charge in [0.25, 0.3) is 0 Å². The maximum Gasteiger partial charge on any atom is 0.307 e. The van der Waals surface area contributed by atoms with Crippen molar-refractivity contribution in [1.29, 1.82) is 0 Å². The van der Waals surface area contributed by atoms with Crippen LogP contribution in [0.3, 0.4) is 0 Å². The Morgan fingerprint density at radius 1 is 1.29 bits per heavy atom. The molecular formula is C16H18N2O2S. The summed E-state index contributed by atoms with van der Waals surface area (Å²) < 4.78 is 1.56. The summed E-state index contributed by atoms with van der Waals surface area (Å²) in [4.78, 5) is 26.2. The fraction of sp³-hybridized carbons (Fsp3) is 0.375. The van der Waals surface area contributed by atoms with Gasteiger partial charge >= 0.3 is 4.87 Å². The third kappa shape index (κ3) is 2.78. The molecule has 0 saturated carbocycles. The van der Waals surface area contributed by atoms with Crippen LogP contribution in [-0.2, 0) is 17.8 Å². The van der Waals surface area contributed by atoms with Gasteiger partial charge in [0, 0.05) is 23.3 Å². The first-order chi connectivity index (χ1) is 10.2. The van der Waals surface area contributed by atoms with Crippen LogP contribution in [0, 0.1) is 6.92 Å². The SMILES string of the molecule is Cc1csc(=O)n1CC(=O)N1CCCCc2ccccc21. The minimum absolute atomic E-state index is 0.00653. The largest absolute Gasteiger partial charge is 0.311 e. The van der Waals surface area contributed by atoms with Gasteiger partial charge in [0.2, 0.25) is 5.91 Å². The second-order valence-corrected chi connectivity index (χ2v) is 6.18. The molecule has 2 heterocycles. The molecular weight excluding hydrogens is 284 g/mol. The molecule has 1 aliphatic heterocycles. The van der Waals surface area contributed by atoms with Gasteiger partial charge in [0.05, 0.1) is 0 Å². The molecule has 1 aliphatic rings. The number of aryl methyl sites for hydroxylation is 2. The quantitative estimate of drug-likeness (QED) is 0.855. The lowest BCUT2D eigenvalue weighted by Crippen LogP contribution is -2.36. The van der Waals surface area contributed by atoms with Gasteiger partial charge in [-0.05, 0) is 37.8 Å². The van der Waals surface area contributed by atoms with Crippen LogP contribution in [0.4, 0.5) is 5.69 Å². The molecule has 0 bridgehead atoms. The molecule has 0 fully saturated rings. The molecule has 0 unspecified atom stereocenters. The van der Waals surface area contributed by atoms with Crippen molar-refractivity contribution in [2.24, 2.45) is 0 Å². The van der Waals surface area contributed by atoms with Gasteiger partial charge in [-0.25, -0.2) is 0 Å². The van der Waals surface area contributed by atoms with Crippen molar-refractivity contribution in [2.45, 2.75) is 32.7 Å². The summed E-state index contributed by atoms with van der Waals surface area (Å²) in [6.07, 6.45) is 3.10. The topological polar surface area (TPSA) is 42.3 Å². The van der Waals surface area contributed by atoms with Crippen molar-refractivity contribution in [1.82, 2.24) is 4.57 Å². The molecule has 0 saturated heterocycles. The lowest BCUT2D eigenvalue weighted by molar-refractivity contribution is -0.119. The Hall–Kier alpha value is -1.88. The van der Waals surface area contributed by atoms with E-state index in [4.69, 9.17) is 0 Å². The summed E-state index contributed by atoms with van der Waals surface area (Å²) in [6.45, 7) is 2.72. The van der Waals surface area contributed by atoms with Crippen LogP contribution in [0.1, 0.15) is 24.1 Å². The van der Waals surface area contributed by atoms with Crippen molar-refractivity contribution in [2.75, 3.05) is 11.4 Å². The highest BCUT2D eigenvalue weighted by Gasteiger charge is 2.21. The number of anilines is 1. The molecule has 2 aromatic rings. The Bertz CT molecular complexity index is 717. The first-order valence-electron chi connectivity index (χ1n) is 7.20. The van der Waals surface area contributed by atoms with Gasteiger partial charge in [0.15, 0.2) is 0 Å². The van der Waals surface area contributed by atoms with E-state index < -0.39 is 0 Å². The van der Waals surface area contributed by atoms with Crippen molar-refractivity contribution in [3.05, 3.63) is 50.6 Å². The molecule has 1 aromatic heterocycles. The van der Waals surface area contributed by atoms with E-state index >= 15 is 0 Å². The Labute approximate surface area is 127 Å². The van der Waals surface area contributed by atoms with E-state index in [9.17, 15) is 9.59 Å². The van der Waals surface area contributed by atoms with Crippen LogP contribution in [0.5, 0.6) is 0 Å². The molecule has 3 rings (SSSR count). The highest BCUT2D eigenvalue weighted by atomic mass is 32.1. The van der Waals surface area contributed by atoms with Crippen molar-refractivity contribution >= 4 is 22.9 Å². The zero-order valence-corrected chi connectivity index (χ0v) is 12.9. The lowest BCUT2D eigenvalue weighted by atomic mass is 10.1. The van der Waals surface area contributed by atoms with E-state index in [1.165, 1.54) is 5.56 Å². The van der Waals surface area contributed by atoms with Crippen molar-refractivity contribution in [3.8, 4) is 0 Å². The number of aromatic nitrogens is 1. The third-order valence-corrected chi connectivity index (χ3v) is 4.81. The zero-order chi connectivity index (χ0) is 14.8. The number of fused-ring (bicyclic) bond motifs is 1. The van der Waals surface area contributed by atoms with E-state index in [2.05, 4.69) is 6.07 Å². The smallest absolute Gasteiger partial charge is 0.307 e. The molecule has 110 valence electrons. The van der Waals surface area contributed by atoms with E-state index in [0.717, 1.165) is 48.5 Å². The Kier molecular flexibility index (Phi) is 3.92. The number of para-hydroxylation sites is 1. The molecule has 0 aliphatic carbocycles. The van der Waals surface area contributed by atoms with Crippen molar-refractivity contribution in [3.63, 3.8) is 0 Å². The average molecular weight is 302 g/mol. The predicted molar refractivity (Wildman–Crippen MR) is 85.0 cm³/mol. The number of carbonyl (C=O) groups excluding carboxylic acids is 1. The van der Waals surface area contributed by atoms with Crippen LogP contribution in [0.2, 0.25) is 0 Å². The van der Waals surface area contributed by atoms with E-state index in [0.29, 0.717) is 0 Å². The Balaban J connectivity index is 1.89. The molecule has 0 atom stereocenters. The zero-order valence-electron chi connectivity index (χ0n) is 12.0. The monoisotopic (exact) mass is 302 g/mol. The number of carbonyl (C=O) groups is 1. The van der Waals surface area contributed by atoms with Gasteiger partial charge in [-0.2, -0.15) is 0 Å². The highest BCUT2D eigenvalue weighted by molar-refractivity contribution is 7.07. The lowest BCUT2D eigenvalue weighted by Gasteiger charge is -2.23. The first-order valence-corrected chi connectivity index (χ1v) is 8.08. The fourth-order valence-corrected chi connectivity index (χ4v) is 3.50. The maximum atomic E-state index is 12.7. The summed E-state index contributed by atoms with van der Waals surface area (Å²) in [5.74, 6) is -0.00653. The molecule has 0 N–H and O–H groups in total. The van der Waals surface area contributed by atoms with E-state index in [1.807, 2.05) is 30.0 Å². The molecule has 1 amide bonds. The standard InChI is InChI=1S/C16H18N2O2S/c1-12-11-21-16(20)18(12)10-15(19)17-9-5-4-7-13-6-2-3-8-14(13)17/h2-3,6,8,11H,4-5,7,9-10H2,1H3. The fourth-order valence-electron chi connectivity index (χ4n) is 2.77. The number of benzene rings is 1. The molecule has 21 heavy (non-hydrogen) atoms. The number of hydrogen-bond acceptors (Lipinski definition) is 3. The summed E-state index contributed by atoms with van der Waals surface area (Å²) in [7, 11) is 0. The average Bonchev–Trinajstić information content (AvgIpc) is 2.70. The summed E-state index contributed by atoms with van der Waals surface area (Å²) >= 11 is 1.15. The second-order valence-electron chi connectivity index (χ2n) is 5.36. The third-order valence-electron chi connectivity index (χ3n) is 3.93. The second kappa shape index (κ2) is 5.85. The number of rotatable bonds is 2. The van der Waals surface area contributed by atoms with E-state index in [1.54, 1.807) is 9.95 Å². The van der Waals surface area contributed by atoms with Crippen LogP contribution in [0.25, 0.3) is 0 Å². The predicted octanol–water partition coefficient (Wildman–Crippen LogP) is 2.59. The van der Waals surface area contributed by atoms with Gasteiger partial charge < -0.3 is 4.90 Å². The molecule has 4 nitrogen and oxygen atoms in total.